The molecule has 30 heavy (non-hydrogen) atoms. The summed E-state index contributed by atoms with van der Waals surface area (Å²) in [5.41, 5.74) is -0.677. The van der Waals surface area contributed by atoms with Crippen molar-refractivity contribution in [2.24, 2.45) is 4.99 Å². The van der Waals surface area contributed by atoms with Gasteiger partial charge in [0.05, 0.1) is 16.3 Å². The van der Waals surface area contributed by atoms with Crippen LogP contribution in [-0.2, 0) is 15.8 Å². The highest BCUT2D eigenvalue weighted by molar-refractivity contribution is 8.15. The first-order valence-corrected chi connectivity index (χ1v) is 9.75. The zero-order valence-electron chi connectivity index (χ0n) is 15.3. The van der Waals surface area contributed by atoms with Gasteiger partial charge in [0.25, 0.3) is 0 Å². The highest BCUT2D eigenvalue weighted by Gasteiger charge is 2.37. The number of alkyl halides is 3. The third kappa shape index (κ3) is 5.11. The van der Waals surface area contributed by atoms with Gasteiger partial charge in [-0.2, -0.15) is 13.2 Å². The van der Waals surface area contributed by atoms with Crippen molar-refractivity contribution in [2.45, 2.75) is 17.8 Å². The van der Waals surface area contributed by atoms with Gasteiger partial charge in [-0.05, 0) is 42.5 Å². The Bertz CT molecular complexity index is 1010. The molecule has 0 aliphatic carbocycles. The second-order valence-electron chi connectivity index (χ2n) is 6.32. The zero-order valence-corrected chi connectivity index (χ0v) is 16.9. The first-order valence-electron chi connectivity index (χ1n) is 8.49. The van der Waals surface area contributed by atoms with Crippen molar-refractivity contribution in [2.75, 3.05) is 12.4 Å². The quantitative estimate of drug-likeness (QED) is 0.648. The molecule has 3 rings (SSSR count). The van der Waals surface area contributed by atoms with Crippen LogP contribution >= 0.6 is 23.4 Å². The van der Waals surface area contributed by atoms with Crippen molar-refractivity contribution in [3.63, 3.8) is 0 Å². The number of amidine groups is 1. The summed E-state index contributed by atoms with van der Waals surface area (Å²) in [6, 6.07) is 8.32. The Balaban J connectivity index is 1.72. The minimum atomic E-state index is -4.64. The standard InChI is InChI=1S/C19H14ClF4N3O2S/c1-27-17(29)15(9-16(28)25-11-4-2-10(21)3-5-11)30-18(27)26-12-6-7-14(20)13(8-12)19(22,23)24/h2-8,15H,9H2,1H3,(H,25,28)/t15-/m0/s1. The Kier molecular flexibility index (Phi) is 6.37. The Labute approximate surface area is 178 Å². The molecule has 0 saturated carbocycles. The molecule has 2 aromatic rings. The molecule has 1 saturated heterocycles. The summed E-state index contributed by atoms with van der Waals surface area (Å²) in [7, 11) is 1.42. The predicted molar refractivity (Wildman–Crippen MR) is 107 cm³/mol. The number of nitrogens with one attached hydrogen (secondary N) is 1. The number of carbonyl (C=O) groups is 2. The van der Waals surface area contributed by atoms with Gasteiger partial charge in [0.2, 0.25) is 11.8 Å². The topological polar surface area (TPSA) is 61.8 Å². The van der Waals surface area contributed by atoms with E-state index in [2.05, 4.69) is 10.3 Å². The molecule has 0 spiro atoms. The Morgan fingerprint density at radius 1 is 1.23 bits per heavy atom. The molecular formula is C19H14ClF4N3O2S. The van der Waals surface area contributed by atoms with Crippen LogP contribution in [0.4, 0.5) is 28.9 Å². The molecule has 1 aliphatic rings. The molecule has 2 amide bonds. The van der Waals surface area contributed by atoms with Crippen molar-refractivity contribution in [1.82, 2.24) is 4.90 Å². The predicted octanol–water partition coefficient (Wildman–Crippen LogP) is 5.09. The normalized spacial score (nSPS) is 18.2. The van der Waals surface area contributed by atoms with Crippen LogP contribution in [0.1, 0.15) is 12.0 Å². The number of halogens is 5. The zero-order chi connectivity index (χ0) is 22.1. The monoisotopic (exact) mass is 459 g/mol. The molecule has 158 valence electrons. The molecule has 1 heterocycles. The van der Waals surface area contributed by atoms with Crippen LogP contribution in [0.5, 0.6) is 0 Å². The van der Waals surface area contributed by atoms with E-state index in [1.165, 1.54) is 42.3 Å². The molecular weight excluding hydrogens is 446 g/mol. The van der Waals surface area contributed by atoms with Crippen LogP contribution in [0.3, 0.4) is 0 Å². The second-order valence-corrected chi connectivity index (χ2v) is 7.90. The summed E-state index contributed by atoms with van der Waals surface area (Å²) < 4.78 is 52.0. The number of amides is 2. The number of benzene rings is 2. The van der Waals surface area contributed by atoms with Crippen molar-refractivity contribution in [3.05, 3.63) is 58.9 Å². The van der Waals surface area contributed by atoms with Crippen LogP contribution in [0.25, 0.3) is 0 Å². The highest BCUT2D eigenvalue weighted by atomic mass is 35.5. The van der Waals surface area contributed by atoms with Crippen molar-refractivity contribution in [1.29, 1.82) is 0 Å². The minimum Gasteiger partial charge on any atom is -0.326 e. The van der Waals surface area contributed by atoms with Gasteiger partial charge in [0, 0.05) is 19.2 Å². The van der Waals surface area contributed by atoms with Gasteiger partial charge >= 0.3 is 6.18 Å². The van der Waals surface area contributed by atoms with Gasteiger partial charge in [-0.3, -0.25) is 14.5 Å². The lowest BCUT2D eigenvalue weighted by molar-refractivity contribution is -0.137. The molecule has 0 bridgehead atoms. The van der Waals surface area contributed by atoms with Crippen LogP contribution in [0.15, 0.2) is 47.5 Å². The maximum Gasteiger partial charge on any atom is 0.417 e. The van der Waals surface area contributed by atoms with Crippen molar-refractivity contribution in [3.8, 4) is 0 Å². The fourth-order valence-corrected chi connectivity index (χ4v) is 4.00. The maximum absolute atomic E-state index is 13.0. The molecule has 2 aromatic carbocycles. The van der Waals surface area contributed by atoms with Crippen LogP contribution in [0, 0.1) is 5.82 Å². The van der Waals surface area contributed by atoms with Crippen LogP contribution in [0.2, 0.25) is 5.02 Å². The lowest BCUT2D eigenvalue weighted by Gasteiger charge is -2.11. The van der Waals surface area contributed by atoms with E-state index < -0.39 is 39.6 Å². The van der Waals surface area contributed by atoms with E-state index in [4.69, 9.17) is 11.6 Å². The van der Waals surface area contributed by atoms with Crippen LogP contribution in [-0.4, -0.2) is 34.2 Å². The summed E-state index contributed by atoms with van der Waals surface area (Å²) in [4.78, 5) is 29.9. The molecule has 1 N–H and O–H groups in total. The lowest BCUT2D eigenvalue weighted by Crippen LogP contribution is -2.30. The molecule has 0 unspecified atom stereocenters. The van der Waals surface area contributed by atoms with E-state index in [0.717, 1.165) is 23.9 Å². The summed E-state index contributed by atoms with van der Waals surface area (Å²) in [6.07, 6.45) is -4.82. The second kappa shape index (κ2) is 8.65. The van der Waals surface area contributed by atoms with E-state index in [9.17, 15) is 27.2 Å². The Hall–Kier alpha value is -2.59. The third-order valence-electron chi connectivity index (χ3n) is 4.12. The molecule has 5 nitrogen and oxygen atoms in total. The fraction of sp³-hybridized carbons (Fsp3) is 0.211. The van der Waals surface area contributed by atoms with Gasteiger partial charge in [0.15, 0.2) is 5.17 Å². The van der Waals surface area contributed by atoms with E-state index in [1.807, 2.05) is 0 Å². The number of carbonyl (C=O) groups excluding carboxylic acids is 2. The van der Waals surface area contributed by atoms with E-state index in [0.29, 0.717) is 5.69 Å². The van der Waals surface area contributed by atoms with E-state index in [1.54, 1.807) is 0 Å². The number of thioether (sulfide) groups is 1. The first-order chi connectivity index (χ1) is 14.0. The molecule has 0 aromatic heterocycles. The SMILES string of the molecule is CN1C(=O)[C@H](CC(=O)Nc2ccc(F)cc2)SC1=Nc1ccc(Cl)c(C(F)(F)F)c1. The number of aliphatic imine (C=N–C) groups is 1. The first kappa shape index (κ1) is 22.1. The molecule has 1 aliphatic heterocycles. The molecule has 1 atom stereocenters. The largest absolute Gasteiger partial charge is 0.417 e. The summed E-state index contributed by atoms with van der Waals surface area (Å²) in [6.45, 7) is 0. The average molecular weight is 460 g/mol. The van der Waals surface area contributed by atoms with Gasteiger partial charge in [0.1, 0.15) is 11.1 Å². The molecule has 11 heteroatoms. The maximum atomic E-state index is 13.0. The van der Waals surface area contributed by atoms with Gasteiger partial charge < -0.3 is 5.32 Å². The Morgan fingerprint density at radius 2 is 1.90 bits per heavy atom. The van der Waals surface area contributed by atoms with Crippen molar-refractivity contribution >= 4 is 51.7 Å². The number of anilines is 1. The summed E-state index contributed by atoms with van der Waals surface area (Å²) in [5.74, 6) is -1.32. The van der Waals surface area contributed by atoms with E-state index in [-0.39, 0.29) is 17.3 Å². The fourth-order valence-electron chi connectivity index (χ4n) is 2.62. The molecule has 1 fully saturated rings. The Morgan fingerprint density at radius 3 is 2.53 bits per heavy atom. The van der Waals surface area contributed by atoms with Gasteiger partial charge in [-0.25, -0.2) is 9.38 Å². The van der Waals surface area contributed by atoms with Gasteiger partial charge in [-0.15, -0.1) is 0 Å². The lowest BCUT2D eigenvalue weighted by atomic mass is 10.2. The number of rotatable bonds is 4. The third-order valence-corrected chi connectivity index (χ3v) is 5.68. The number of nitrogens with zero attached hydrogens (tertiary/aromatic N) is 2. The van der Waals surface area contributed by atoms with Gasteiger partial charge in [-0.1, -0.05) is 23.4 Å². The molecule has 0 radical (unpaired) electrons. The summed E-state index contributed by atoms with van der Waals surface area (Å²) in [5, 5.41) is 1.48. The number of hydrogen-bond acceptors (Lipinski definition) is 4. The average Bonchev–Trinajstić information content (AvgIpc) is 2.92. The van der Waals surface area contributed by atoms with Crippen LogP contribution < -0.4 is 5.32 Å². The number of hydrogen-bond donors (Lipinski definition) is 1. The highest BCUT2D eigenvalue weighted by Crippen LogP contribution is 2.38. The summed E-state index contributed by atoms with van der Waals surface area (Å²) >= 11 is 6.57. The smallest absolute Gasteiger partial charge is 0.326 e. The minimum absolute atomic E-state index is 0.0229. The van der Waals surface area contributed by atoms with Crippen molar-refractivity contribution < 1.29 is 27.2 Å². The van der Waals surface area contributed by atoms with E-state index >= 15 is 0 Å².